The standard InChI is InChI=1S/C44H51FN5O7PS/c1-4-19-56-43(54)28(3)48-58(55,57-34-10-6-5-7-11-34)39(45)29-12-15-37-31(22-29)23-38(59-37)40(51)47-35-21-27(2)20-33-13-14-36(50(33)41(35)52)42(53)49-26-32(24-44(49)16-17-44)30-9-8-18-46-25-30/h5-12,15,18,22-23,25,27-28,32-33,35-36,39H,4,13-14,16-17,19-21,24,26H2,1-3H3,(H,47,51)(H,48,55)/t27-,28-,32-,33+,35-,36-,39+,58?/m0/s1. The summed E-state index contributed by atoms with van der Waals surface area (Å²) in [5.41, 5.74) is 1.01. The van der Waals surface area contributed by atoms with Crippen LogP contribution in [0, 0.1) is 5.92 Å². The highest BCUT2D eigenvalue weighted by Gasteiger charge is 2.58. The molecule has 8 atom stereocenters. The van der Waals surface area contributed by atoms with Crippen molar-refractivity contribution in [2.45, 2.75) is 114 Å². The van der Waals surface area contributed by atoms with Crippen molar-refractivity contribution in [1.82, 2.24) is 25.2 Å². The van der Waals surface area contributed by atoms with E-state index in [1.807, 2.05) is 24.1 Å². The highest BCUT2D eigenvalue weighted by molar-refractivity contribution is 7.57. The number of benzene rings is 2. The van der Waals surface area contributed by atoms with Crippen molar-refractivity contribution in [2.24, 2.45) is 5.92 Å². The third kappa shape index (κ3) is 8.41. The van der Waals surface area contributed by atoms with Crippen molar-refractivity contribution in [2.75, 3.05) is 13.2 Å². The van der Waals surface area contributed by atoms with E-state index < -0.39 is 43.4 Å². The Hall–Kier alpha value is -4.65. The van der Waals surface area contributed by atoms with E-state index in [0.29, 0.717) is 40.8 Å². The monoisotopic (exact) mass is 843 g/mol. The molecule has 312 valence electrons. The number of hydrogen-bond donors (Lipinski definition) is 2. The van der Waals surface area contributed by atoms with Gasteiger partial charge in [0.1, 0.15) is 23.9 Å². The Balaban J connectivity index is 0.983. The molecule has 1 unspecified atom stereocenters. The van der Waals surface area contributed by atoms with Gasteiger partial charge in [-0.2, -0.15) is 0 Å². The molecule has 4 aromatic rings. The van der Waals surface area contributed by atoms with Crippen LogP contribution in [0.2, 0.25) is 0 Å². The Morgan fingerprint density at radius 2 is 1.86 bits per heavy atom. The molecule has 0 bridgehead atoms. The molecule has 12 nitrogen and oxygen atoms in total. The second kappa shape index (κ2) is 16.8. The molecule has 2 aromatic heterocycles. The number of rotatable bonds is 13. The molecule has 0 radical (unpaired) electrons. The number of amides is 3. The summed E-state index contributed by atoms with van der Waals surface area (Å²) >= 11 is 1.20. The van der Waals surface area contributed by atoms with Crippen LogP contribution in [0.1, 0.15) is 105 Å². The summed E-state index contributed by atoms with van der Waals surface area (Å²) in [4.78, 5) is 63.9. The molecule has 1 saturated carbocycles. The fourth-order valence-electron chi connectivity index (χ4n) is 9.24. The number of esters is 1. The summed E-state index contributed by atoms with van der Waals surface area (Å²) < 4.78 is 42.5. The number of fused-ring (bicyclic) bond motifs is 2. The second-order valence-electron chi connectivity index (χ2n) is 16.7. The first-order valence-electron chi connectivity index (χ1n) is 20.7. The lowest BCUT2D eigenvalue weighted by molar-refractivity contribution is -0.147. The fraction of sp³-hybridized carbons (Fsp3) is 0.477. The first kappa shape index (κ1) is 41.1. The molecule has 2 N–H and O–H groups in total. The lowest BCUT2D eigenvalue weighted by Crippen LogP contribution is -2.56. The van der Waals surface area contributed by atoms with Crippen molar-refractivity contribution in [3.05, 3.63) is 95.1 Å². The zero-order valence-electron chi connectivity index (χ0n) is 33.6. The van der Waals surface area contributed by atoms with Gasteiger partial charge in [0.05, 0.1) is 11.5 Å². The summed E-state index contributed by atoms with van der Waals surface area (Å²) in [6.45, 7) is 6.15. The average molecular weight is 844 g/mol. The third-order valence-corrected chi connectivity index (χ3v) is 15.5. The number of nitrogens with zero attached hydrogens (tertiary/aromatic N) is 3. The maximum Gasteiger partial charge on any atom is 0.355 e. The average Bonchev–Trinajstić information content (AvgIpc) is 3.53. The maximum absolute atomic E-state index is 16.6. The van der Waals surface area contributed by atoms with Gasteiger partial charge < -0.3 is 24.4 Å². The molecule has 3 amide bonds. The number of carbonyl (C=O) groups excluding carboxylic acids is 4. The number of aromatic nitrogens is 1. The van der Waals surface area contributed by atoms with Crippen molar-refractivity contribution in [3.8, 4) is 5.75 Å². The number of hydrogen-bond acceptors (Lipinski definition) is 9. The smallest absolute Gasteiger partial charge is 0.355 e. The van der Waals surface area contributed by atoms with Crippen LogP contribution in [0.3, 0.4) is 0 Å². The van der Waals surface area contributed by atoms with Crippen molar-refractivity contribution in [3.63, 3.8) is 0 Å². The summed E-state index contributed by atoms with van der Waals surface area (Å²) in [7, 11) is -4.44. The van der Waals surface area contributed by atoms with Gasteiger partial charge in [-0.05, 0) is 117 Å². The molecule has 4 aliphatic rings. The van der Waals surface area contributed by atoms with Gasteiger partial charge in [-0.25, -0.2) is 9.48 Å². The number of alkyl halides is 1. The van der Waals surface area contributed by atoms with Crippen LogP contribution in [-0.4, -0.2) is 81.3 Å². The van der Waals surface area contributed by atoms with E-state index in [2.05, 4.69) is 28.4 Å². The minimum Gasteiger partial charge on any atom is -0.465 e. The lowest BCUT2D eigenvalue weighted by atomic mass is 9.95. The Morgan fingerprint density at radius 1 is 1.07 bits per heavy atom. The molecule has 59 heavy (non-hydrogen) atoms. The SMILES string of the molecule is CCCOC(=O)[C@H](C)NP(=O)(Oc1ccccc1)[C@@H](F)c1ccc2sc(C(=O)N[C@H]3C[C@@H](C)C[C@H]4CC[C@@H](C(=O)N5C[C@@H](c6cccnc6)CC56CC6)N4C3=O)cc2c1. The summed E-state index contributed by atoms with van der Waals surface area (Å²) in [5, 5.41) is 6.14. The molecule has 2 aromatic carbocycles. The van der Waals surface area contributed by atoms with Gasteiger partial charge in [-0.3, -0.25) is 28.7 Å². The molecule has 15 heteroatoms. The minimum atomic E-state index is -4.44. The van der Waals surface area contributed by atoms with Gasteiger partial charge in [-0.1, -0.05) is 44.2 Å². The number of halogens is 1. The highest BCUT2D eigenvalue weighted by Crippen LogP contribution is 2.58. The van der Waals surface area contributed by atoms with Crippen LogP contribution in [0.5, 0.6) is 5.75 Å². The zero-order chi connectivity index (χ0) is 41.5. The molecule has 4 fully saturated rings. The molecule has 1 aliphatic carbocycles. The number of para-hydroxylation sites is 1. The highest BCUT2D eigenvalue weighted by atomic mass is 32.1. The molecule has 8 rings (SSSR count). The first-order chi connectivity index (χ1) is 28.4. The molecule has 1 spiro atoms. The fourth-order valence-corrected chi connectivity index (χ4v) is 12.1. The Kier molecular flexibility index (Phi) is 11.7. The van der Waals surface area contributed by atoms with E-state index >= 15 is 4.39 Å². The minimum absolute atomic E-state index is 0.00986. The normalized spacial score (nSPS) is 25.5. The third-order valence-electron chi connectivity index (χ3n) is 12.3. The van der Waals surface area contributed by atoms with E-state index in [9.17, 15) is 23.7 Å². The quantitative estimate of drug-likeness (QED) is 0.101. The maximum atomic E-state index is 16.6. The number of nitrogens with one attached hydrogen (secondary N) is 2. The van der Waals surface area contributed by atoms with E-state index in [0.717, 1.165) is 37.7 Å². The number of likely N-dealkylation sites (tertiary alicyclic amines) is 1. The summed E-state index contributed by atoms with van der Waals surface area (Å²) in [6, 6.07) is 15.9. The van der Waals surface area contributed by atoms with Gasteiger partial charge in [0, 0.05) is 41.1 Å². The van der Waals surface area contributed by atoms with Crippen LogP contribution in [-0.2, 0) is 23.7 Å². The van der Waals surface area contributed by atoms with Gasteiger partial charge in [0.2, 0.25) is 17.7 Å². The van der Waals surface area contributed by atoms with Crippen molar-refractivity contribution < 1.29 is 37.4 Å². The van der Waals surface area contributed by atoms with E-state index in [1.165, 1.54) is 30.4 Å². The largest absolute Gasteiger partial charge is 0.465 e. The number of ether oxygens (including phenoxy) is 1. The van der Waals surface area contributed by atoms with Crippen molar-refractivity contribution >= 4 is 52.6 Å². The van der Waals surface area contributed by atoms with Crippen LogP contribution < -0.4 is 14.9 Å². The van der Waals surface area contributed by atoms with Crippen LogP contribution in [0.15, 0.2) is 79.1 Å². The molecular weight excluding hydrogens is 793 g/mol. The summed E-state index contributed by atoms with van der Waals surface area (Å²) in [6.07, 6.45) is 9.61. The van der Waals surface area contributed by atoms with Crippen LogP contribution in [0.4, 0.5) is 4.39 Å². The first-order valence-corrected chi connectivity index (χ1v) is 23.2. The number of pyridine rings is 1. The predicted molar refractivity (Wildman–Crippen MR) is 223 cm³/mol. The lowest BCUT2D eigenvalue weighted by Gasteiger charge is -2.34. The van der Waals surface area contributed by atoms with Gasteiger partial charge in [0.15, 0.2) is 0 Å². The number of carbonyl (C=O) groups is 4. The number of thiophene rings is 1. The summed E-state index contributed by atoms with van der Waals surface area (Å²) in [5.74, 6) is -3.02. The van der Waals surface area contributed by atoms with Gasteiger partial charge in [-0.15, -0.1) is 11.3 Å². The van der Waals surface area contributed by atoms with E-state index in [1.54, 1.807) is 53.6 Å². The second-order valence-corrected chi connectivity index (χ2v) is 19.9. The molecular formula is C44H51FN5O7PS. The Morgan fingerprint density at radius 3 is 2.59 bits per heavy atom. The van der Waals surface area contributed by atoms with Gasteiger partial charge in [0.25, 0.3) is 5.91 Å². The van der Waals surface area contributed by atoms with Crippen LogP contribution in [0.25, 0.3) is 10.1 Å². The molecule has 3 aliphatic heterocycles. The van der Waals surface area contributed by atoms with Crippen molar-refractivity contribution in [1.29, 1.82) is 0 Å². The Labute approximate surface area is 347 Å². The Bertz CT molecular complexity index is 2260. The zero-order valence-corrected chi connectivity index (χ0v) is 35.3. The topological polar surface area (TPSA) is 147 Å². The molecule has 5 heterocycles. The van der Waals surface area contributed by atoms with E-state index in [-0.39, 0.29) is 53.2 Å². The molecule has 3 saturated heterocycles. The van der Waals surface area contributed by atoms with E-state index in [4.69, 9.17) is 9.26 Å². The van der Waals surface area contributed by atoms with Gasteiger partial charge >= 0.3 is 13.5 Å². The van der Waals surface area contributed by atoms with Crippen LogP contribution >= 0.6 is 18.9 Å². The predicted octanol–water partition coefficient (Wildman–Crippen LogP) is 7.90.